The molecule has 1 aliphatic heterocycles. The summed E-state index contributed by atoms with van der Waals surface area (Å²) in [5.74, 6) is -1.55. The molecule has 4 N–H and O–H groups in total. The number of nitrogens with two attached hydrogens (primary N) is 1. The number of amides is 1. The summed E-state index contributed by atoms with van der Waals surface area (Å²) in [5.41, 5.74) is 4.76. The van der Waals surface area contributed by atoms with Crippen LogP contribution >= 0.6 is 0 Å². The summed E-state index contributed by atoms with van der Waals surface area (Å²) in [5, 5.41) is 10.1. The molecular weight excluding hydrogens is 463 g/mol. The fourth-order valence-electron chi connectivity index (χ4n) is 3.14. The van der Waals surface area contributed by atoms with E-state index in [1.54, 1.807) is 12.1 Å². The Morgan fingerprint density at radius 1 is 1.27 bits per heavy atom. The van der Waals surface area contributed by atoms with E-state index >= 15 is 0 Å². The lowest BCUT2D eigenvalue weighted by Gasteiger charge is -2.30. The fraction of sp³-hybridized carbons (Fsp3) is 0.400. The van der Waals surface area contributed by atoms with Gasteiger partial charge in [-0.05, 0) is 38.5 Å². The number of carbonyl (C=O) groups excluding carboxylic acids is 1. The van der Waals surface area contributed by atoms with E-state index < -0.39 is 44.1 Å². The van der Waals surface area contributed by atoms with Gasteiger partial charge in [0, 0.05) is 17.2 Å². The molecule has 1 unspecified atom stereocenters. The number of aromatic nitrogens is 2. The Hall–Kier alpha value is -3.22. The average Bonchev–Trinajstić information content (AvgIpc) is 2.73. The Morgan fingerprint density at radius 3 is 2.55 bits per heavy atom. The molecule has 0 saturated heterocycles. The van der Waals surface area contributed by atoms with Gasteiger partial charge in [0.2, 0.25) is 0 Å². The Kier molecular flexibility index (Phi) is 6.37. The van der Waals surface area contributed by atoms with Crippen molar-refractivity contribution in [3.8, 4) is 5.75 Å². The van der Waals surface area contributed by atoms with Crippen LogP contribution < -0.4 is 15.8 Å². The van der Waals surface area contributed by atoms with Crippen LogP contribution in [0.4, 0.5) is 18.9 Å². The summed E-state index contributed by atoms with van der Waals surface area (Å²) in [6.45, 7) is 3.03. The first-order valence-electron chi connectivity index (χ1n) is 9.76. The van der Waals surface area contributed by atoms with Gasteiger partial charge in [0.25, 0.3) is 5.91 Å². The van der Waals surface area contributed by atoms with Gasteiger partial charge < -0.3 is 15.8 Å². The molecule has 0 fully saturated rings. The Labute approximate surface area is 188 Å². The largest absolute Gasteiger partial charge is 0.493 e. The third-order valence-electron chi connectivity index (χ3n) is 5.45. The van der Waals surface area contributed by atoms with Crippen molar-refractivity contribution in [2.45, 2.75) is 37.1 Å². The molecular formula is C20H22F3N5O4S. The van der Waals surface area contributed by atoms with Crippen molar-refractivity contribution < 1.29 is 31.1 Å². The summed E-state index contributed by atoms with van der Waals surface area (Å²) in [6, 6.07) is 4.63. The molecule has 1 atom stereocenters. The molecule has 0 bridgehead atoms. The van der Waals surface area contributed by atoms with Gasteiger partial charge in [0.05, 0.1) is 24.8 Å². The minimum Gasteiger partial charge on any atom is -0.493 e. The number of fused-ring (bicyclic) bond motifs is 1. The van der Waals surface area contributed by atoms with E-state index in [4.69, 9.17) is 15.9 Å². The van der Waals surface area contributed by atoms with Crippen LogP contribution in [0.5, 0.6) is 5.75 Å². The molecule has 33 heavy (non-hydrogen) atoms. The standard InChI is InChI=1S/C20H22F3N5O4S/c1-19(2,18(24)25)33(30,31)10-11-5-6-32-15-4-3-12(7-13(11)15)28-17(29)14-8-27-16(9-26-14)20(21,22)23/h3-4,7-9,11H,5-6,10H2,1-2H3,(H3,24,25)(H,28,29). The summed E-state index contributed by atoms with van der Waals surface area (Å²) in [6.07, 6.45) is -3.10. The SMILES string of the molecule is CC(C)(C(=N)N)S(=O)(=O)CC1CCOc2ccc(NC(=O)c3cnc(C(F)(F)F)cn3)cc21. The van der Waals surface area contributed by atoms with E-state index in [0.717, 1.165) is 6.20 Å². The number of hydrogen-bond acceptors (Lipinski definition) is 7. The molecule has 1 aliphatic rings. The van der Waals surface area contributed by atoms with Gasteiger partial charge >= 0.3 is 6.18 Å². The van der Waals surface area contributed by atoms with Gasteiger partial charge in [-0.15, -0.1) is 0 Å². The van der Waals surface area contributed by atoms with Gasteiger partial charge in [-0.2, -0.15) is 13.2 Å². The van der Waals surface area contributed by atoms with Gasteiger partial charge in [-0.3, -0.25) is 10.2 Å². The Bertz CT molecular complexity index is 1180. The van der Waals surface area contributed by atoms with Gasteiger partial charge in [-0.1, -0.05) is 0 Å². The molecule has 1 amide bonds. The lowest BCUT2D eigenvalue weighted by atomic mass is 9.94. The third kappa shape index (κ3) is 5.07. The van der Waals surface area contributed by atoms with Crippen molar-refractivity contribution in [2.24, 2.45) is 5.73 Å². The van der Waals surface area contributed by atoms with Crippen LogP contribution in [0.25, 0.3) is 0 Å². The lowest BCUT2D eigenvalue weighted by molar-refractivity contribution is -0.141. The third-order valence-corrected chi connectivity index (χ3v) is 8.07. The maximum Gasteiger partial charge on any atom is 0.434 e. The molecule has 3 rings (SSSR count). The first-order valence-corrected chi connectivity index (χ1v) is 11.4. The summed E-state index contributed by atoms with van der Waals surface area (Å²) >= 11 is 0. The normalized spacial score (nSPS) is 16.5. The Morgan fingerprint density at radius 2 is 1.97 bits per heavy atom. The zero-order valence-electron chi connectivity index (χ0n) is 17.7. The number of sulfone groups is 1. The molecule has 1 aromatic carbocycles. The molecule has 2 heterocycles. The second-order valence-corrected chi connectivity index (χ2v) is 10.6. The molecule has 0 aliphatic carbocycles. The highest BCUT2D eigenvalue weighted by Crippen LogP contribution is 2.38. The minimum atomic E-state index is -4.67. The summed E-state index contributed by atoms with van der Waals surface area (Å²) in [7, 11) is -3.80. The second kappa shape index (κ2) is 8.61. The number of amidine groups is 1. The van der Waals surface area contributed by atoms with E-state index in [9.17, 15) is 26.4 Å². The zero-order valence-corrected chi connectivity index (χ0v) is 18.5. The van der Waals surface area contributed by atoms with Crippen LogP contribution in [-0.2, 0) is 16.0 Å². The molecule has 1 aromatic heterocycles. The molecule has 178 valence electrons. The molecule has 13 heteroatoms. The second-order valence-electron chi connectivity index (χ2n) is 8.03. The number of carbonyl (C=O) groups is 1. The highest BCUT2D eigenvalue weighted by atomic mass is 32.2. The predicted molar refractivity (Wildman–Crippen MR) is 114 cm³/mol. The number of alkyl halides is 3. The van der Waals surface area contributed by atoms with Crippen LogP contribution in [0, 0.1) is 5.41 Å². The number of nitrogens with one attached hydrogen (secondary N) is 2. The first kappa shape index (κ1) is 24.4. The molecule has 2 aromatic rings. The van der Waals surface area contributed by atoms with Crippen molar-refractivity contribution in [3.63, 3.8) is 0 Å². The van der Waals surface area contributed by atoms with E-state index in [1.807, 2.05) is 0 Å². The number of hydrogen-bond donors (Lipinski definition) is 3. The van der Waals surface area contributed by atoms with Crippen LogP contribution in [-0.4, -0.2) is 47.2 Å². The van der Waals surface area contributed by atoms with Crippen LogP contribution in [0.3, 0.4) is 0 Å². The van der Waals surface area contributed by atoms with Crippen LogP contribution in [0.1, 0.15) is 47.9 Å². The molecule has 0 saturated carbocycles. The van der Waals surface area contributed by atoms with E-state index in [2.05, 4.69) is 15.3 Å². The lowest BCUT2D eigenvalue weighted by Crippen LogP contribution is -2.47. The minimum absolute atomic E-state index is 0.277. The van der Waals surface area contributed by atoms with Crippen molar-refractivity contribution in [3.05, 3.63) is 47.5 Å². The monoisotopic (exact) mass is 485 g/mol. The van der Waals surface area contributed by atoms with Crippen molar-refractivity contribution >= 4 is 27.3 Å². The Balaban J connectivity index is 1.82. The molecule has 0 radical (unpaired) electrons. The van der Waals surface area contributed by atoms with E-state index in [0.29, 0.717) is 30.5 Å². The zero-order chi connectivity index (χ0) is 24.6. The van der Waals surface area contributed by atoms with Crippen molar-refractivity contribution in [1.82, 2.24) is 9.97 Å². The maximum absolute atomic E-state index is 12.9. The smallest absolute Gasteiger partial charge is 0.434 e. The van der Waals surface area contributed by atoms with Crippen molar-refractivity contribution in [2.75, 3.05) is 17.7 Å². The van der Waals surface area contributed by atoms with Gasteiger partial charge in [0.1, 0.15) is 22.0 Å². The number of ether oxygens (including phenoxy) is 1. The predicted octanol–water partition coefficient (Wildman–Crippen LogP) is 2.74. The van der Waals surface area contributed by atoms with E-state index in [-0.39, 0.29) is 17.1 Å². The molecule has 9 nitrogen and oxygen atoms in total. The van der Waals surface area contributed by atoms with Gasteiger partial charge in [-0.25, -0.2) is 18.4 Å². The topological polar surface area (TPSA) is 148 Å². The highest BCUT2D eigenvalue weighted by molar-refractivity contribution is 7.93. The fourth-order valence-corrected chi connectivity index (χ4v) is 4.77. The number of benzene rings is 1. The summed E-state index contributed by atoms with van der Waals surface area (Å²) < 4.78 is 67.7. The average molecular weight is 485 g/mol. The number of halogens is 3. The summed E-state index contributed by atoms with van der Waals surface area (Å²) in [4.78, 5) is 19.1. The van der Waals surface area contributed by atoms with Crippen molar-refractivity contribution in [1.29, 1.82) is 5.41 Å². The quantitative estimate of drug-likeness (QED) is 0.421. The first-order chi connectivity index (χ1) is 15.2. The van der Waals surface area contributed by atoms with E-state index in [1.165, 1.54) is 19.9 Å². The number of anilines is 1. The van der Waals surface area contributed by atoms with Crippen LogP contribution in [0.15, 0.2) is 30.6 Å². The van der Waals surface area contributed by atoms with Gasteiger partial charge in [0.15, 0.2) is 15.5 Å². The number of rotatable bonds is 6. The highest BCUT2D eigenvalue weighted by Gasteiger charge is 2.40. The molecule has 0 spiro atoms. The van der Waals surface area contributed by atoms with Crippen LogP contribution in [0.2, 0.25) is 0 Å². The number of nitrogens with zero attached hydrogens (tertiary/aromatic N) is 2. The maximum atomic E-state index is 12.9.